The normalized spacial score (nSPS) is 14.6. The van der Waals surface area contributed by atoms with Crippen LogP contribution in [-0.2, 0) is 9.59 Å². The summed E-state index contributed by atoms with van der Waals surface area (Å²) in [5, 5.41) is 8.18. The summed E-state index contributed by atoms with van der Waals surface area (Å²) in [7, 11) is 0. The van der Waals surface area contributed by atoms with Gasteiger partial charge in [0.1, 0.15) is 5.78 Å². The molecule has 0 bridgehead atoms. The molecule has 0 aromatic carbocycles. The van der Waals surface area contributed by atoms with E-state index in [1.165, 1.54) is 0 Å². The van der Waals surface area contributed by atoms with Crippen molar-refractivity contribution >= 4 is 37.0 Å². The molecule has 0 aromatic heterocycles. The lowest BCUT2D eigenvalue weighted by Crippen LogP contribution is -2.13. The largest absolute Gasteiger partial charge is 0.480 e. The van der Waals surface area contributed by atoms with E-state index in [9.17, 15) is 9.59 Å². The van der Waals surface area contributed by atoms with Crippen LogP contribution < -0.4 is 0 Å². The van der Waals surface area contributed by atoms with Crippen LogP contribution in [0.1, 0.15) is 39.0 Å². The number of carbonyl (C=O) groups is 2. The van der Waals surface area contributed by atoms with Gasteiger partial charge in [0.25, 0.3) is 0 Å². The lowest BCUT2D eigenvalue weighted by atomic mass is 10.1. The molecule has 0 aliphatic heterocycles. The summed E-state index contributed by atoms with van der Waals surface area (Å²) in [6, 6.07) is 0. The highest BCUT2D eigenvalue weighted by Crippen LogP contribution is 2.15. The molecule has 0 radical (unpaired) electrons. The van der Waals surface area contributed by atoms with Gasteiger partial charge in [0.15, 0.2) is 0 Å². The molecular weight excluding hydrogens is 232 g/mol. The third-order valence-electron chi connectivity index (χ3n) is 2.13. The molecule has 2 atom stereocenters. The average Bonchev–Trinajstić information content (AvgIpc) is 2.14. The molecule has 3 nitrogen and oxygen atoms in total. The molecule has 0 aliphatic carbocycles. The summed E-state index contributed by atoms with van der Waals surface area (Å²) in [5.41, 5.74) is 0. The Hall–Kier alpha value is -0.160. The van der Waals surface area contributed by atoms with Crippen molar-refractivity contribution in [2.24, 2.45) is 0 Å². The molecule has 88 valence electrons. The zero-order chi connectivity index (χ0) is 11.8. The zero-order valence-electron chi connectivity index (χ0n) is 8.85. The molecule has 0 fully saturated rings. The van der Waals surface area contributed by atoms with Crippen LogP contribution in [0.5, 0.6) is 0 Å². The number of hydrogen-bond acceptors (Lipinski definition) is 4. The van der Waals surface area contributed by atoms with Crippen molar-refractivity contribution in [3.05, 3.63) is 0 Å². The van der Waals surface area contributed by atoms with E-state index < -0.39 is 11.2 Å². The van der Waals surface area contributed by atoms with Crippen molar-refractivity contribution in [2.75, 3.05) is 0 Å². The minimum atomic E-state index is -0.877. The Bertz CT molecular complexity index is 219. The van der Waals surface area contributed by atoms with E-state index >= 15 is 0 Å². The second-order valence-corrected chi connectivity index (χ2v) is 5.03. The van der Waals surface area contributed by atoms with Gasteiger partial charge in [-0.25, -0.2) is 0 Å². The van der Waals surface area contributed by atoms with Gasteiger partial charge < -0.3 is 9.90 Å². The average molecular weight is 250 g/mol. The maximum absolute atomic E-state index is 10.7. The van der Waals surface area contributed by atoms with E-state index in [0.29, 0.717) is 12.8 Å². The lowest BCUT2D eigenvalue weighted by Gasteiger charge is -2.10. The van der Waals surface area contributed by atoms with E-state index in [1.54, 1.807) is 6.92 Å². The molecule has 0 rings (SSSR count). The summed E-state index contributed by atoms with van der Waals surface area (Å²) in [6.45, 7) is 1.56. The van der Waals surface area contributed by atoms with Gasteiger partial charge in [0.2, 0.25) is 0 Å². The summed E-state index contributed by atoms with van der Waals surface area (Å²) < 4.78 is 0. The Kier molecular flexibility index (Phi) is 7.96. The molecule has 2 unspecified atom stereocenters. The van der Waals surface area contributed by atoms with Crippen LogP contribution in [0.3, 0.4) is 0 Å². The first-order chi connectivity index (χ1) is 6.93. The van der Waals surface area contributed by atoms with Crippen molar-refractivity contribution in [3.8, 4) is 0 Å². The molecule has 15 heavy (non-hydrogen) atoms. The molecule has 0 amide bonds. The Labute approximate surface area is 101 Å². The van der Waals surface area contributed by atoms with Crippen molar-refractivity contribution in [2.45, 2.75) is 49.5 Å². The number of rotatable bonds is 8. The van der Waals surface area contributed by atoms with Crippen LogP contribution >= 0.6 is 25.3 Å². The third-order valence-corrected chi connectivity index (χ3v) is 3.13. The topological polar surface area (TPSA) is 54.4 Å². The molecule has 0 heterocycles. The zero-order valence-corrected chi connectivity index (χ0v) is 10.6. The highest BCUT2D eigenvalue weighted by atomic mass is 32.1. The standard InChI is InChI=1S/C10H18O3S2/c1-7(11)5-6-8(14)3-2-4-9(15)10(12)13/h8-9,14-15H,2-6H2,1H3,(H,12,13). The molecule has 5 heteroatoms. The van der Waals surface area contributed by atoms with Crippen molar-refractivity contribution in [1.29, 1.82) is 0 Å². The number of thiol groups is 2. The number of hydrogen-bond donors (Lipinski definition) is 3. The first-order valence-electron chi connectivity index (χ1n) is 5.02. The third kappa shape index (κ3) is 8.81. The van der Waals surface area contributed by atoms with Crippen LogP contribution in [-0.4, -0.2) is 27.4 Å². The van der Waals surface area contributed by atoms with Gasteiger partial charge in [0, 0.05) is 11.7 Å². The predicted octanol–water partition coefficient (Wildman–Crippen LogP) is 2.21. The van der Waals surface area contributed by atoms with Crippen LogP contribution in [0.15, 0.2) is 0 Å². The second-order valence-electron chi connectivity index (χ2n) is 3.68. The highest BCUT2D eigenvalue weighted by molar-refractivity contribution is 7.81. The number of carboxylic acid groups (broad SMARTS) is 1. The van der Waals surface area contributed by atoms with Gasteiger partial charge in [0.05, 0.1) is 5.25 Å². The minimum Gasteiger partial charge on any atom is -0.480 e. The smallest absolute Gasteiger partial charge is 0.316 e. The number of aliphatic carboxylic acids is 1. The van der Waals surface area contributed by atoms with Crippen molar-refractivity contribution in [1.82, 2.24) is 0 Å². The van der Waals surface area contributed by atoms with Gasteiger partial charge in [-0.05, 0) is 26.2 Å². The molecule has 0 spiro atoms. The van der Waals surface area contributed by atoms with E-state index in [2.05, 4.69) is 25.3 Å². The van der Waals surface area contributed by atoms with Crippen molar-refractivity contribution in [3.63, 3.8) is 0 Å². The van der Waals surface area contributed by atoms with Gasteiger partial charge >= 0.3 is 5.97 Å². The molecule has 1 N–H and O–H groups in total. The highest BCUT2D eigenvalue weighted by Gasteiger charge is 2.12. The van der Waals surface area contributed by atoms with Crippen LogP contribution in [0.25, 0.3) is 0 Å². The van der Waals surface area contributed by atoms with Gasteiger partial charge in [-0.2, -0.15) is 25.3 Å². The maximum atomic E-state index is 10.7. The summed E-state index contributed by atoms with van der Waals surface area (Å²) >= 11 is 8.27. The Morgan fingerprint density at radius 1 is 1.20 bits per heavy atom. The maximum Gasteiger partial charge on any atom is 0.316 e. The number of Topliss-reactive ketones (excluding diaryl/α,β-unsaturated/α-hetero) is 1. The van der Waals surface area contributed by atoms with Crippen LogP contribution in [0.4, 0.5) is 0 Å². The fourth-order valence-electron chi connectivity index (χ4n) is 1.18. The van der Waals surface area contributed by atoms with Gasteiger partial charge in [-0.1, -0.05) is 6.42 Å². The first-order valence-corrected chi connectivity index (χ1v) is 6.05. The molecule has 0 aromatic rings. The Balaban J connectivity index is 3.50. The summed E-state index contributed by atoms with van der Waals surface area (Å²) in [4.78, 5) is 21.1. The quantitative estimate of drug-likeness (QED) is 0.579. The van der Waals surface area contributed by atoms with Gasteiger partial charge in [-0.3, -0.25) is 4.79 Å². The summed E-state index contributed by atoms with van der Waals surface area (Å²) in [5.74, 6) is -0.704. The van der Waals surface area contributed by atoms with E-state index in [0.717, 1.165) is 19.3 Å². The first kappa shape index (κ1) is 14.8. The minimum absolute atomic E-state index is 0.173. The van der Waals surface area contributed by atoms with Gasteiger partial charge in [-0.15, -0.1) is 0 Å². The van der Waals surface area contributed by atoms with Crippen LogP contribution in [0, 0.1) is 0 Å². The second kappa shape index (κ2) is 8.05. The fraction of sp³-hybridized carbons (Fsp3) is 0.800. The number of ketones is 1. The Morgan fingerprint density at radius 3 is 2.27 bits per heavy atom. The number of carbonyl (C=O) groups excluding carboxylic acids is 1. The van der Waals surface area contributed by atoms with E-state index in [-0.39, 0.29) is 11.0 Å². The molecule has 0 saturated heterocycles. The molecule has 0 aliphatic rings. The van der Waals surface area contributed by atoms with E-state index in [1.807, 2.05) is 0 Å². The molecular formula is C10H18O3S2. The predicted molar refractivity (Wildman–Crippen MR) is 66.9 cm³/mol. The lowest BCUT2D eigenvalue weighted by molar-refractivity contribution is -0.136. The Morgan fingerprint density at radius 2 is 1.80 bits per heavy atom. The number of carboxylic acids is 1. The molecule has 0 saturated carbocycles. The fourth-order valence-corrected chi connectivity index (χ4v) is 1.68. The monoisotopic (exact) mass is 250 g/mol. The van der Waals surface area contributed by atoms with Crippen molar-refractivity contribution < 1.29 is 14.7 Å². The SMILES string of the molecule is CC(=O)CCC(S)CCCC(S)C(=O)O. The van der Waals surface area contributed by atoms with E-state index in [4.69, 9.17) is 5.11 Å². The van der Waals surface area contributed by atoms with Crippen LogP contribution in [0.2, 0.25) is 0 Å². The summed E-state index contributed by atoms with van der Waals surface area (Å²) in [6.07, 6.45) is 3.49.